The number of ether oxygens (including phenoxy) is 1. The molecule has 1 amide bonds. The van der Waals surface area contributed by atoms with Gasteiger partial charge in [-0.25, -0.2) is 4.99 Å². The molecule has 2 aromatic carbocycles. The summed E-state index contributed by atoms with van der Waals surface area (Å²) in [5.74, 6) is 2.12. The molecule has 22 heavy (non-hydrogen) atoms. The van der Waals surface area contributed by atoms with Crippen LogP contribution in [-0.2, 0) is 15.1 Å². The van der Waals surface area contributed by atoms with Gasteiger partial charge in [-0.3, -0.25) is 10.1 Å². The Kier molecular flexibility index (Phi) is 3.63. The predicted octanol–water partition coefficient (Wildman–Crippen LogP) is 2.07. The van der Waals surface area contributed by atoms with Crippen LogP contribution >= 0.6 is 0 Å². The minimum Gasteiger partial charge on any atom is -0.438 e. The fraction of sp³-hybridized carbons (Fsp3) is 0.111. The number of hydrogen-bond acceptors (Lipinski definition) is 3. The molecule has 0 atom stereocenters. The summed E-state index contributed by atoms with van der Waals surface area (Å²) in [6.45, 7) is 0.148. The van der Waals surface area contributed by atoms with Crippen molar-refractivity contribution in [2.75, 3.05) is 6.54 Å². The quantitative estimate of drug-likeness (QED) is 0.880. The zero-order valence-electron chi connectivity index (χ0n) is 11.8. The van der Waals surface area contributed by atoms with Gasteiger partial charge in [0.2, 0.25) is 5.60 Å². The summed E-state index contributed by atoms with van der Waals surface area (Å²) < 4.78 is 5.93. The van der Waals surface area contributed by atoms with Crippen LogP contribution in [0.5, 0.6) is 0 Å². The Hall–Kier alpha value is -3.06. The number of amides is 1. The third-order valence-corrected chi connectivity index (χ3v) is 3.46. The number of hydrogen-bond donors (Lipinski definition) is 1. The Morgan fingerprint density at radius 1 is 1.05 bits per heavy atom. The van der Waals surface area contributed by atoms with Gasteiger partial charge in [-0.2, -0.15) is 0 Å². The highest BCUT2D eigenvalue weighted by Crippen LogP contribution is 2.37. The fourth-order valence-electron chi connectivity index (χ4n) is 2.48. The van der Waals surface area contributed by atoms with E-state index in [4.69, 9.17) is 11.2 Å². The number of terminal acetylenes is 1. The lowest BCUT2D eigenvalue weighted by Gasteiger charge is -2.26. The highest BCUT2D eigenvalue weighted by molar-refractivity contribution is 6.07. The van der Waals surface area contributed by atoms with Crippen molar-refractivity contribution < 1.29 is 9.53 Å². The van der Waals surface area contributed by atoms with Crippen LogP contribution in [0.15, 0.2) is 65.7 Å². The van der Waals surface area contributed by atoms with Gasteiger partial charge in [0.1, 0.15) is 6.54 Å². The molecule has 1 saturated heterocycles. The van der Waals surface area contributed by atoms with Crippen LogP contribution in [0.4, 0.5) is 0 Å². The smallest absolute Gasteiger partial charge is 0.294 e. The molecule has 4 nitrogen and oxygen atoms in total. The van der Waals surface area contributed by atoms with Gasteiger partial charge >= 0.3 is 0 Å². The molecule has 108 valence electrons. The second-order valence-corrected chi connectivity index (χ2v) is 4.79. The number of nitrogens with one attached hydrogen (secondary N) is 1. The molecule has 3 rings (SSSR count). The van der Waals surface area contributed by atoms with Crippen molar-refractivity contribution >= 4 is 11.9 Å². The van der Waals surface area contributed by atoms with E-state index >= 15 is 0 Å². The molecule has 1 N–H and O–H groups in total. The lowest BCUT2D eigenvalue weighted by molar-refractivity contribution is -0.128. The number of rotatable bonds is 3. The zero-order valence-corrected chi connectivity index (χ0v) is 11.8. The van der Waals surface area contributed by atoms with Gasteiger partial charge in [0.05, 0.1) is 0 Å². The number of amidine groups is 1. The lowest BCUT2D eigenvalue weighted by atomic mass is 9.86. The number of carbonyl (C=O) groups is 1. The van der Waals surface area contributed by atoms with Crippen molar-refractivity contribution in [1.82, 2.24) is 5.32 Å². The molecule has 4 heteroatoms. The number of benzene rings is 2. The first-order valence-corrected chi connectivity index (χ1v) is 6.87. The second-order valence-electron chi connectivity index (χ2n) is 4.79. The van der Waals surface area contributed by atoms with Crippen molar-refractivity contribution in [2.45, 2.75) is 5.60 Å². The minimum absolute atomic E-state index is 0.148. The van der Waals surface area contributed by atoms with E-state index in [2.05, 4.69) is 16.2 Å². The summed E-state index contributed by atoms with van der Waals surface area (Å²) in [4.78, 5) is 16.8. The van der Waals surface area contributed by atoms with Gasteiger partial charge in [0.25, 0.3) is 11.9 Å². The van der Waals surface area contributed by atoms with Gasteiger partial charge in [0, 0.05) is 11.1 Å². The van der Waals surface area contributed by atoms with Crippen molar-refractivity contribution in [3.8, 4) is 12.3 Å². The standard InChI is InChI=1S/C18H14N2O2/c1-2-13-19-17-20-16(21)18(22-17,14-9-5-3-6-10-14)15-11-7-4-8-12-15/h1,3-12H,13H2,(H,19,20,21). The number of carbonyl (C=O) groups excluding carboxylic acids is 1. The monoisotopic (exact) mass is 290 g/mol. The Morgan fingerprint density at radius 3 is 2.09 bits per heavy atom. The molecular weight excluding hydrogens is 276 g/mol. The summed E-state index contributed by atoms with van der Waals surface area (Å²) in [7, 11) is 0. The summed E-state index contributed by atoms with van der Waals surface area (Å²) in [5, 5.41) is 2.67. The van der Waals surface area contributed by atoms with E-state index in [1.165, 1.54) is 0 Å². The average Bonchev–Trinajstić information content (AvgIpc) is 2.92. The summed E-state index contributed by atoms with van der Waals surface area (Å²) in [6.07, 6.45) is 5.21. The van der Waals surface area contributed by atoms with E-state index < -0.39 is 5.60 Å². The van der Waals surface area contributed by atoms with Gasteiger partial charge in [-0.15, -0.1) is 6.42 Å². The number of nitrogens with zero attached hydrogens (tertiary/aromatic N) is 1. The summed E-state index contributed by atoms with van der Waals surface area (Å²) in [6, 6.07) is 18.8. The van der Waals surface area contributed by atoms with E-state index in [0.29, 0.717) is 0 Å². The van der Waals surface area contributed by atoms with Crippen LogP contribution in [0.3, 0.4) is 0 Å². The van der Waals surface area contributed by atoms with E-state index in [0.717, 1.165) is 11.1 Å². The van der Waals surface area contributed by atoms with E-state index in [1.807, 2.05) is 60.7 Å². The number of aliphatic imine (C=N–C) groups is 1. The van der Waals surface area contributed by atoms with Crippen LogP contribution in [0.25, 0.3) is 0 Å². The highest BCUT2D eigenvalue weighted by Gasteiger charge is 2.50. The predicted molar refractivity (Wildman–Crippen MR) is 84.0 cm³/mol. The van der Waals surface area contributed by atoms with Crippen molar-refractivity contribution in [2.24, 2.45) is 4.99 Å². The largest absolute Gasteiger partial charge is 0.438 e. The average molecular weight is 290 g/mol. The molecule has 1 fully saturated rings. The first-order chi connectivity index (χ1) is 10.8. The molecule has 0 saturated carbocycles. The molecule has 1 heterocycles. The molecule has 2 aromatic rings. The molecule has 0 spiro atoms. The van der Waals surface area contributed by atoms with Crippen LogP contribution in [0.1, 0.15) is 11.1 Å². The molecular formula is C18H14N2O2. The van der Waals surface area contributed by atoms with Crippen LogP contribution in [0, 0.1) is 12.3 Å². The van der Waals surface area contributed by atoms with Crippen LogP contribution < -0.4 is 5.32 Å². The normalized spacial score (nSPS) is 17.6. The van der Waals surface area contributed by atoms with Gasteiger partial charge in [0.15, 0.2) is 0 Å². The molecule has 1 aliphatic heterocycles. The lowest BCUT2D eigenvalue weighted by Crippen LogP contribution is -2.37. The van der Waals surface area contributed by atoms with Crippen molar-refractivity contribution in [1.29, 1.82) is 0 Å². The first-order valence-electron chi connectivity index (χ1n) is 6.87. The molecule has 0 aromatic heterocycles. The van der Waals surface area contributed by atoms with Crippen LogP contribution in [0.2, 0.25) is 0 Å². The van der Waals surface area contributed by atoms with Gasteiger partial charge in [-0.05, 0) is 0 Å². The Balaban J connectivity index is 2.14. The third kappa shape index (κ3) is 2.23. The maximum absolute atomic E-state index is 12.7. The fourth-order valence-corrected chi connectivity index (χ4v) is 2.48. The third-order valence-electron chi connectivity index (χ3n) is 3.46. The maximum Gasteiger partial charge on any atom is 0.294 e. The highest BCUT2D eigenvalue weighted by atomic mass is 16.5. The molecule has 0 bridgehead atoms. The minimum atomic E-state index is -1.24. The second kappa shape index (κ2) is 5.74. The van der Waals surface area contributed by atoms with Gasteiger partial charge in [-0.1, -0.05) is 66.6 Å². The van der Waals surface area contributed by atoms with E-state index in [-0.39, 0.29) is 18.5 Å². The van der Waals surface area contributed by atoms with Gasteiger partial charge < -0.3 is 4.74 Å². The van der Waals surface area contributed by atoms with Crippen LogP contribution in [-0.4, -0.2) is 18.5 Å². The Labute approximate surface area is 128 Å². The molecule has 0 radical (unpaired) electrons. The SMILES string of the molecule is C#CCN=C1NC(=O)C(c2ccccc2)(c2ccccc2)O1. The van der Waals surface area contributed by atoms with Crippen molar-refractivity contribution in [3.05, 3.63) is 71.8 Å². The molecule has 0 aliphatic carbocycles. The van der Waals surface area contributed by atoms with E-state index in [1.54, 1.807) is 0 Å². The Morgan fingerprint density at radius 2 is 1.59 bits per heavy atom. The maximum atomic E-state index is 12.7. The first kappa shape index (κ1) is 13.9. The van der Waals surface area contributed by atoms with Crippen molar-refractivity contribution in [3.63, 3.8) is 0 Å². The zero-order chi connectivity index (χ0) is 15.4. The summed E-state index contributed by atoms with van der Waals surface area (Å²) in [5.41, 5.74) is 0.241. The molecule has 0 unspecified atom stereocenters. The van der Waals surface area contributed by atoms with E-state index in [9.17, 15) is 4.79 Å². The summed E-state index contributed by atoms with van der Waals surface area (Å²) >= 11 is 0. The molecule has 1 aliphatic rings. The Bertz CT molecular complexity index is 706. The topological polar surface area (TPSA) is 50.7 Å².